The fraction of sp³-hybridized carbons (Fsp3) is 0.0263. The minimum absolute atomic E-state index is 0.0690. The molecule has 0 amide bonds. The highest BCUT2D eigenvalue weighted by Gasteiger charge is 2.12. The summed E-state index contributed by atoms with van der Waals surface area (Å²) in [6.45, 7) is 1.99. The van der Waals surface area contributed by atoms with Crippen LogP contribution in [0.15, 0.2) is 133 Å². The van der Waals surface area contributed by atoms with Gasteiger partial charge in [0.2, 0.25) is 0 Å². The number of carboxylic acid groups (broad SMARTS) is 1. The fourth-order valence-electron chi connectivity index (χ4n) is 4.66. The summed E-state index contributed by atoms with van der Waals surface area (Å²) < 4.78 is 52.7. The largest absolute Gasteiger partial charge is 0.478 e. The molecule has 6 rings (SSSR count). The Balaban J connectivity index is 0.000000182. The zero-order chi connectivity index (χ0) is 32.6. The number of aryl methyl sites for hydroxylation is 1. The molecule has 6 aromatic rings. The lowest BCUT2D eigenvalue weighted by Crippen LogP contribution is -2.03. The number of aromatic carboxylic acids is 1. The van der Waals surface area contributed by atoms with Crippen LogP contribution in [-0.2, 0) is 0 Å². The maximum Gasteiger partial charge on any atom is 0.337 e. The van der Waals surface area contributed by atoms with Gasteiger partial charge in [0.15, 0.2) is 0 Å². The number of hydrogen-bond acceptors (Lipinski definition) is 3. The molecule has 0 aliphatic heterocycles. The first-order valence-electron chi connectivity index (χ1n) is 14.2. The topological polar surface area (TPSA) is 61.4 Å². The van der Waals surface area contributed by atoms with E-state index in [0.717, 1.165) is 28.1 Å². The van der Waals surface area contributed by atoms with Crippen molar-refractivity contribution in [3.63, 3.8) is 0 Å². The van der Waals surface area contributed by atoms with Gasteiger partial charge in [-0.15, -0.1) is 0 Å². The lowest BCUT2D eigenvalue weighted by Gasteiger charge is -2.12. The van der Waals surface area contributed by atoms with Crippen molar-refractivity contribution in [3.05, 3.63) is 168 Å². The molecule has 0 saturated carbocycles. The Morgan fingerprint density at radius 3 is 1.41 bits per heavy atom. The Kier molecular flexibility index (Phi) is 9.78. The van der Waals surface area contributed by atoms with Crippen LogP contribution in [0, 0.1) is 30.2 Å². The van der Waals surface area contributed by atoms with E-state index in [4.69, 9.17) is 0 Å². The van der Waals surface area contributed by atoms with Gasteiger partial charge in [-0.25, -0.2) is 22.4 Å². The average molecular weight is 621 g/mol. The Morgan fingerprint density at radius 1 is 0.500 bits per heavy atom. The van der Waals surface area contributed by atoms with Crippen molar-refractivity contribution in [2.24, 2.45) is 0 Å². The summed E-state index contributed by atoms with van der Waals surface area (Å²) in [4.78, 5) is 11.4. The molecule has 0 heterocycles. The molecule has 0 fully saturated rings. The molecule has 3 N–H and O–H groups in total. The second-order valence-corrected chi connectivity index (χ2v) is 10.4. The number of carbonyl (C=O) groups is 1. The van der Waals surface area contributed by atoms with Crippen LogP contribution in [0.3, 0.4) is 0 Å². The summed E-state index contributed by atoms with van der Waals surface area (Å²) in [5, 5.41) is 15.6. The Hall–Kier alpha value is -5.89. The minimum atomic E-state index is -1.09. The summed E-state index contributed by atoms with van der Waals surface area (Å²) in [6, 6.07) is 34.9. The standard InChI is InChI=1S/C19H13F2NO2.C19H15F2N/c20-14-5-7-16(8-6-14)22-18-11-13(4-9-17(18)19(23)24)12-2-1-3-15(21)10-12;1-13-5-6-15(14-3-2-4-17(21)11-14)12-19(13)22-18-9-7-16(20)8-10-18/h1-11,22H,(H,23,24);2-12,22H,1H3. The third-order valence-corrected chi connectivity index (χ3v) is 7.05. The van der Waals surface area contributed by atoms with E-state index < -0.39 is 5.97 Å². The van der Waals surface area contributed by atoms with Gasteiger partial charge >= 0.3 is 5.97 Å². The monoisotopic (exact) mass is 620 g/mol. The Bertz CT molecular complexity index is 1980. The second kappa shape index (κ2) is 14.3. The maximum atomic E-state index is 13.4. The van der Waals surface area contributed by atoms with E-state index >= 15 is 0 Å². The van der Waals surface area contributed by atoms with Gasteiger partial charge in [-0.2, -0.15) is 0 Å². The van der Waals surface area contributed by atoms with E-state index in [1.54, 1.807) is 42.5 Å². The number of halogens is 4. The van der Waals surface area contributed by atoms with Crippen molar-refractivity contribution < 1.29 is 27.5 Å². The van der Waals surface area contributed by atoms with E-state index in [1.165, 1.54) is 66.7 Å². The average Bonchev–Trinajstić information content (AvgIpc) is 3.04. The van der Waals surface area contributed by atoms with Crippen LogP contribution in [0.5, 0.6) is 0 Å². The SMILES string of the molecule is Cc1ccc(-c2cccc(F)c2)cc1Nc1ccc(F)cc1.O=C(O)c1ccc(-c2cccc(F)c2)cc1Nc1ccc(F)cc1. The molecule has 0 spiro atoms. The molecule has 230 valence electrons. The quantitative estimate of drug-likeness (QED) is 0.155. The van der Waals surface area contributed by atoms with E-state index in [0.29, 0.717) is 22.5 Å². The summed E-state index contributed by atoms with van der Waals surface area (Å²) in [5.74, 6) is -2.37. The summed E-state index contributed by atoms with van der Waals surface area (Å²) in [6.07, 6.45) is 0. The predicted molar refractivity (Wildman–Crippen MR) is 175 cm³/mol. The predicted octanol–water partition coefficient (Wildman–Crippen LogP) is 10.8. The summed E-state index contributed by atoms with van der Waals surface area (Å²) in [7, 11) is 0. The third-order valence-electron chi connectivity index (χ3n) is 7.05. The van der Waals surface area contributed by atoms with Crippen molar-refractivity contribution in [2.45, 2.75) is 6.92 Å². The van der Waals surface area contributed by atoms with Gasteiger partial charge in [0.05, 0.1) is 11.3 Å². The molecule has 0 aromatic heterocycles. The maximum absolute atomic E-state index is 13.4. The number of hydrogen-bond donors (Lipinski definition) is 3. The Morgan fingerprint density at radius 2 is 0.935 bits per heavy atom. The number of carboxylic acids is 1. The summed E-state index contributed by atoms with van der Waals surface area (Å²) >= 11 is 0. The van der Waals surface area contributed by atoms with Crippen LogP contribution in [0.4, 0.5) is 40.3 Å². The number of benzene rings is 6. The van der Waals surface area contributed by atoms with E-state index in [1.807, 2.05) is 31.2 Å². The van der Waals surface area contributed by atoms with Crippen LogP contribution in [0.25, 0.3) is 22.3 Å². The van der Waals surface area contributed by atoms with Crippen LogP contribution >= 0.6 is 0 Å². The van der Waals surface area contributed by atoms with E-state index in [2.05, 4.69) is 10.6 Å². The molecule has 8 heteroatoms. The summed E-state index contributed by atoms with van der Waals surface area (Å²) in [5.41, 5.74) is 6.79. The highest BCUT2D eigenvalue weighted by molar-refractivity contribution is 5.96. The van der Waals surface area contributed by atoms with Crippen molar-refractivity contribution in [2.75, 3.05) is 10.6 Å². The van der Waals surface area contributed by atoms with Gasteiger partial charge in [-0.3, -0.25) is 0 Å². The molecule has 0 saturated heterocycles. The van der Waals surface area contributed by atoms with Gasteiger partial charge in [0.25, 0.3) is 0 Å². The highest BCUT2D eigenvalue weighted by Crippen LogP contribution is 2.30. The Labute approximate surface area is 263 Å². The first kappa shape index (κ1) is 31.5. The van der Waals surface area contributed by atoms with Gasteiger partial charge in [-0.05, 0) is 126 Å². The van der Waals surface area contributed by atoms with Crippen LogP contribution in [0.1, 0.15) is 15.9 Å². The van der Waals surface area contributed by atoms with Gasteiger partial charge in [-0.1, -0.05) is 42.5 Å². The van der Waals surface area contributed by atoms with Crippen molar-refractivity contribution >= 4 is 28.7 Å². The number of nitrogens with one attached hydrogen (secondary N) is 2. The number of rotatable bonds is 7. The smallest absolute Gasteiger partial charge is 0.337 e. The molecular formula is C38H28F4N2O2. The minimum Gasteiger partial charge on any atom is -0.478 e. The molecule has 0 aliphatic carbocycles. The normalized spacial score (nSPS) is 10.5. The fourth-order valence-corrected chi connectivity index (χ4v) is 4.66. The van der Waals surface area contributed by atoms with Gasteiger partial charge < -0.3 is 15.7 Å². The molecule has 6 aromatic carbocycles. The molecule has 0 atom stereocenters. The van der Waals surface area contributed by atoms with E-state index in [9.17, 15) is 27.5 Å². The molecular weight excluding hydrogens is 592 g/mol. The van der Waals surface area contributed by atoms with Gasteiger partial charge in [0, 0.05) is 17.1 Å². The molecule has 4 nitrogen and oxygen atoms in total. The molecule has 0 bridgehead atoms. The zero-order valence-electron chi connectivity index (χ0n) is 24.6. The third kappa shape index (κ3) is 8.18. The second-order valence-electron chi connectivity index (χ2n) is 10.4. The zero-order valence-corrected chi connectivity index (χ0v) is 24.6. The lowest BCUT2D eigenvalue weighted by molar-refractivity contribution is 0.0698. The molecule has 0 aliphatic rings. The van der Waals surface area contributed by atoms with Crippen LogP contribution in [0.2, 0.25) is 0 Å². The lowest BCUT2D eigenvalue weighted by atomic mass is 10.0. The van der Waals surface area contributed by atoms with Crippen LogP contribution < -0.4 is 10.6 Å². The molecule has 0 radical (unpaired) electrons. The molecule has 0 unspecified atom stereocenters. The molecule has 46 heavy (non-hydrogen) atoms. The first-order chi connectivity index (χ1) is 22.1. The van der Waals surface area contributed by atoms with E-state index in [-0.39, 0.29) is 28.8 Å². The van der Waals surface area contributed by atoms with Gasteiger partial charge in [0.1, 0.15) is 23.3 Å². The van der Waals surface area contributed by atoms with Crippen molar-refractivity contribution in [1.82, 2.24) is 0 Å². The number of anilines is 4. The first-order valence-corrected chi connectivity index (χ1v) is 14.2. The highest BCUT2D eigenvalue weighted by atomic mass is 19.1. The van der Waals surface area contributed by atoms with Crippen LogP contribution in [-0.4, -0.2) is 11.1 Å². The van der Waals surface area contributed by atoms with Crippen molar-refractivity contribution in [3.8, 4) is 22.3 Å². The van der Waals surface area contributed by atoms with Crippen molar-refractivity contribution in [1.29, 1.82) is 0 Å².